The van der Waals surface area contributed by atoms with Crippen LogP contribution in [0.2, 0.25) is 5.02 Å². The van der Waals surface area contributed by atoms with Gasteiger partial charge in [-0.2, -0.15) is 0 Å². The molecule has 1 aromatic rings. The molecule has 0 aromatic heterocycles. The van der Waals surface area contributed by atoms with Crippen molar-refractivity contribution in [2.45, 2.75) is 17.7 Å². The first-order chi connectivity index (χ1) is 7.99. The van der Waals surface area contributed by atoms with E-state index in [1.165, 1.54) is 6.07 Å². The number of hydrogen-bond donors (Lipinski definition) is 2. The SMILES string of the molecule is Cl.NCCCCNS(=O)(=O)c1cccc(Cl)c1Br. The highest BCUT2D eigenvalue weighted by molar-refractivity contribution is 9.10. The molecule has 0 aliphatic carbocycles. The Balaban J connectivity index is 0.00000289. The maximum Gasteiger partial charge on any atom is 0.241 e. The Hall–Kier alpha value is 0.150. The Kier molecular flexibility index (Phi) is 8.42. The fourth-order valence-corrected chi connectivity index (χ4v) is 3.55. The second-order valence-corrected chi connectivity index (χ2v) is 6.38. The summed E-state index contributed by atoms with van der Waals surface area (Å²) in [5, 5.41) is 0.370. The number of benzene rings is 1. The maximum absolute atomic E-state index is 11.9. The van der Waals surface area contributed by atoms with Gasteiger partial charge in [0.1, 0.15) is 0 Å². The van der Waals surface area contributed by atoms with E-state index in [-0.39, 0.29) is 17.3 Å². The smallest absolute Gasteiger partial charge is 0.241 e. The predicted octanol–water partition coefficient (Wildman–Crippen LogP) is 2.54. The van der Waals surface area contributed by atoms with E-state index in [4.69, 9.17) is 17.3 Å². The lowest BCUT2D eigenvalue weighted by atomic mass is 10.3. The third-order valence-electron chi connectivity index (χ3n) is 2.13. The Morgan fingerprint density at radius 3 is 2.61 bits per heavy atom. The van der Waals surface area contributed by atoms with E-state index >= 15 is 0 Å². The third-order valence-corrected chi connectivity index (χ3v) is 5.29. The average Bonchev–Trinajstić information content (AvgIpc) is 2.28. The van der Waals surface area contributed by atoms with E-state index in [9.17, 15) is 8.42 Å². The molecule has 0 aliphatic rings. The molecule has 0 radical (unpaired) electrons. The van der Waals surface area contributed by atoms with Crippen molar-refractivity contribution in [2.24, 2.45) is 5.73 Å². The minimum atomic E-state index is -3.52. The zero-order valence-electron chi connectivity index (χ0n) is 9.53. The lowest BCUT2D eigenvalue weighted by Crippen LogP contribution is -2.25. The first-order valence-electron chi connectivity index (χ1n) is 5.13. The molecule has 1 aromatic carbocycles. The number of nitrogens with one attached hydrogen (secondary N) is 1. The van der Waals surface area contributed by atoms with E-state index in [0.717, 1.165) is 6.42 Å². The normalized spacial score (nSPS) is 11.1. The highest BCUT2D eigenvalue weighted by atomic mass is 79.9. The summed E-state index contributed by atoms with van der Waals surface area (Å²) in [4.78, 5) is 0.151. The molecule has 0 saturated carbocycles. The minimum Gasteiger partial charge on any atom is -0.330 e. The van der Waals surface area contributed by atoms with E-state index in [1.54, 1.807) is 12.1 Å². The topological polar surface area (TPSA) is 72.2 Å². The lowest BCUT2D eigenvalue weighted by molar-refractivity contribution is 0.576. The van der Waals surface area contributed by atoms with Crippen molar-refractivity contribution in [3.63, 3.8) is 0 Å². The molecule has 104 valence electrons. The Bertz CT molecular complexity index is 483. The summed E-state index contributed by atoms with van der Waals surface area (Å²) in [5.41, 5.74) is 5.33. The zero-order valence-corrected chi connectivity index (χ0v) is 13.5. The van der Waals surface area contributed by atoms with Crippen LogP contribution >= 0.6 is 39.9 Å². The van der Waals surface area contributed by atoms with E-state index in [1.807, 2.05) is 0 Å². The monoisotopic (exact) mass is 376 g/mol. The van der Waals surface area contributed by atoms with Crippen LogP contribution in [0.4, 0.5) is 0 Å². The molecule has 0 unspecified atom stereocenters. The number of hydrogen-bond acceptors (Lipinski definition) is 3. The van der Waals surface area contributed by atoms with Crippen molar-refractivity contribution < 1.29 is 8.42 Å². The van der Waals surface area contributed by atoms with Crippen LogP contribution < -0.4 is 10.5 Å². The van der Waals surface area contributed by atoms with Crippen molar-refractivity contribution >= 4 is 50.0 Å². The van der Waals surface area contributed by atoms with Crippen LogP contribution in [0.3, 0.4) is 0 Å². The molecule has 4 nitrogen and oxygen atoms in total. The molecule has 0 spiro atoms. The molecule has 0 atom stereocenters. The van der Waals surface area contributed by atoms with Gasteiger partial charge in [-0.15, -0.1) is 12.4 Å². The molecule has 0 amide bonds. The fraction of sp³-hybridized carbons (Fsp3) is 0.400. The van der Waals surface area contributed by atoms with E-state index in [2.05, 4.69) is 20.7 Å². The van der Waals surface area contributed by atoms with E-state index < -0.39 is 10.0 Å². The zero-order chi connectivity index (χ0) is 12.9. The van der Waals surface area contributed by atoms with Crippen LogP contribution in [0.15, 0.2) is 27.6 Å². The van der Waals surface area contributed by atoms with Crippen LogP contribution in [0.25, 0.3) is 0 Å². The number of rotatable bonds is 6. The molecule has 0 saturated heterocycles. The van der Waals surface area contributed by atoms with Gasteiger partial charge in [0.05, 0.1) is 14.4 Å². The number of unbranched alkanes of at least 4 members (excludes halogenated alkanes) is 1. The molecule has 1 rings (SSSR count). The van der Waals surface area contributed by atoms with Gasteiger partial charge in [0.15, 0.2) is 0 Å². The summed E-state index contributed by atoms with van der Waals surface area (Å²) in [5.74, 6) is 0. The van der Waals surface area contributed by atoms with Crippen LogP contribution in [0, 0.1) is 0 Å². The maximum atomic E-state index is 11.9. The molecule has 0 aliphatic heterocycles. The molecule has 8 heteroatoms. The largest absolute Gasteiger partial charge is 0.330 e. The molecule has 0 bridgehead atoms. The first kappa shape index (κ1) is 18.1. The van der Waals surface area contributed by atoms with Crippen molar-refractivity contribution in [3.8, 4) is 0 Å². The highest BCUT2D eigenvalue weighted by Crippen LogP contribution is 2.29. The molecular weight excluding hydrogens is 363 g/mol. The number of nitrogens with two attached hydrogens (primary N) is 1. The van der Waals surface area contributed by atoms with Crippen molar-refractivity contribution in [2.75, 3.05) is 13.1 Å². The second kappa shape index (κ2) is 8.35. The minimum absolute atomic E-state index is 0. The van der Waals surface area contributed by atoms with Gasteiger partial charge < -0.3 is 5.73 Å². The third kappa shape index (κ3) is 5.03. The average molecular weight is 378 g/mol. The Labute approximate surface area is 127 Å². The summed E-state index contributed by atoms with van der Waals surface area (Å²) in [7, 11) is -3.52. The fourth-order valence-electron chi connectivity index (χ4n) is 1.25. The van der Waals surface area contributed by atoms with Crippen molar-refractivity contribution in [1.29, 1.82) is 0 Å². The van der Waals surface area contributed by atoms with Gasteiger partial charge in [-0.1, -0.05) is 17.7 Å². The summed E-state index contributed by atoms with van der Waals surface area (Å²) in [6, 6.07) is 4.72. The van der Waals surface area contributed by atoms with Gasteiger partial charge in [-0.3, -0.25) is 0 Å². The van der Waals surface area contributed by atoms with Gasteiger partial charge in [0.2, 0.25) is 10.0 Å². The standard InChI is InChI=1S/C10H14BrClN2O2S.ClH/c11-10-8(12)4-3-5-9(10)17(15,16)14-7-2-1-6-13;/h3-5,14H,1-2,6-7,13H2;1H. The second-order valence-electron chi connectivity index (χ2n) is 3.45. The van der Waals surface area contributed by atoms with Crippen molar-refractivity contribution in [3.05, 3.63) is 27.7 Å². The van der Waals surface area contributed by atoms with Crippen LogP contribution in [0.1, 0.15) is 12.8 Å². The summed E-state index contributed by atoms with van der Waals surface area (Å²) < 4.78 is 26.8. The molecule has 0 fully saturated rings. The Morgan fingerprint density at radius 2 is 2.00 bits per heavy atom. The predicted molar refractivity (Wildman–Crippen MR) is 79.9 cm³/mol. The summed E-state index contributed by atoms with van der Waals surface area (Å²) >= 11 is 9.02. The van der Waals surface area contributed by atoms with Gasteiger partial charge in [-0.25, -0.2) is 13.1 Å². The van der Waals surface area contributed by atoms with Gasteiger partial charge in [-0.05, 0) is 47.4 Å². The summed E-state index contributed by atoms with van der Waals surface area (Å²) in [6.45, 7) is 0.932. The van der Waals surface area contributed by atoms with Gasteiger partial charge in [0, 0.05) is 6.54 Å². The molecule has 18 heavy (non-hydrogen) atoms. The van der Waals surface area contributed by atoms with E-state index in [0.29, 0.717) is 29.0 Å². The van der Waals surface area contributed by atoms with Crippen LogP contribution in [-0.2, 0) is 10.0 Å². The molecule has 3 N–H and O–H groups in total. The van der Waals surface area contributed by atoms with Crippen LogP contribution in [-0.4, -0.2) is 21.5 Å². The first-order valence-corrected chi connectivity index (χ1v) is 7.78. The summed E-state index contributed by atoms with van der Waals surface area (Å²) in [6.07, 6.45) is 1.51. The van der Waals surface area contributed by atoms with Crippen LogP contribution in [0.5, 0.6) is 0 Å². The quantitative estimate of drug-likeness (QED) is 0.748. The van der Waals surface area contributed by atoms with Gasteiger partial charge >= 0.3 is 0 Å². The Morgan fingerprint density at radius 1 is 1.33 bits per heavy atom. The molecular formula is C10H15BrCl2N2O2S. The lowest BCUT2D eigenvalue weighted by Gasteiger charge is -2.08. The number of sulfonamides is 1. The number of halogens is 3. The van der Waals surface area contributed by atoms with Crippen molar-refractivity contribution in [1.82, 2.24) is 4.72 Å². The highest BCUT2D eigenvalue weighted by Gasteiger charge is 2.18. The van der Waals surface area contributed by atoms with Gasteiger partial charge in [0.25, 0.3) is 0 Å². The molecule has 0 heterocycles.